The molecule has 27 heavy (non-hydrogen) atoms. The van der Waals surface area contributed by atoms with E-state index in [0.717, 1.165) is 11.1 Å². The second kappa shape index (κ2) is 7.74. The van der Waals surface area contributed by atoms with Gasteiger partial charge in [0.1, 0.15) is 11.3 Å². The smallest absolute Gasteiger partial charge is 0.340 e. The quantitative estimate of drug-likeness (QED) is 0.706. The van der Waals surface area contributed by atoms with Crippen molar-refractivity contribution in [3.63, 3.8) is 0 Å². The van der Waals surface area contributed by atoms with Crippen LogP contribution >= 0.6 is 0 Å². The first-order valence-electron chi connectivity index (χ1n) is 8.10. The Bertz CT molecular complexity index is 966. The first-order chi connectivity index (χ1) is 13.0. The van der Waals surface area contributed by atoms with Crippen molar-refractivity contribution in [2.24, 2.45) is 0 Å². The fraction of sp³-hybridized carbons (Fsp3) is 0.150. The average molecular weight is 366 g/mol. The van der Waals surface area contributed by atoms with Gasteiger partial charge >= 0.3 is 12.0 Å². The van der Waals surface area contributed by atoms with Gasteiger partial charge < -0.3 is 19.3 Å². The van der Waals surface area contributed by atoms with Crippen molar-refractivity contribution in [3.05, 3.63) is 59.7 Å². The van der Waals surface area contributed by atoms with E-state index >= 15 is 0 Å². The van der Waals surface area contributed by atoms with Gasteiger partial charge in [0.2, 0.25) is 11.8 Å². The van der Waals surface area contributed by atoms with Crippen LogP contribution in [0.5, 0.6) is 23.5 Å². The molecule has 3 rings (SSSR count). The standard InChI is InChI=1S/C20H18N2O5/c1-12-6-4-7-13(10-12)14-8-5-9-15(18(14)19(23)24)27-20-21-16(25-2)11-17(22-20)26-3/h4-11H,1-3H3,(H,23,24). The Balaban J connectivity index is 2.09. The fourth-order valence-corrected chi connectivity index (χ4v) is 2.63. The maximum atomic E-state index is 12.0. The summed E-state index contributed by atoms with van der Waals surface area (Å²) in [4.78, 5) is 20.1. The lowest BCUT2D eigenvalue weighted by atomic mass is 9.97. The van der Waals surface area contributed by atoms with E-state index in [1.54, 1.807) is 18.2 Å². The number of benzene rings is 2. The average Bonchev–Trinajstić information content (AvgIpc) is 2.67. The zero-order chi connectivity index (χ0) is 19.4. The summed E-state index contributed by atoms with van der Waals surface area (Å²) in [5.74, 6) is -0.513. The number of hydrogen-bond donors (Lipinski definition) is 1. The number of ether oxygens (including phenoxy) is 3. The predicted octanol–water partition coefficient (Wildman–Crippen LogP) is 3.96. The van der Waals surface area contributed by atoms with Gasteiger partial charge in [0, 0.05) is 0 Å². The third-order valence-corrected chi connectivity index (χ3v) is 3.85. The lowest BCUT2D eigenvalue weighted by Crippen LogP contribution is -2.05. The van der Waals surface area contributed by atoms with Crippen LogP contribution in [0.3, 0.4) is 0 Å². The van der Waals surface area contributed by atoms with Crippen molar-refractivity contribution in [1.82, 2.24) is 9.97 Å². The van der Waals surface area contributed by atoms with Crippen molar-refractivity contribution in [1.29, 1.82) is 0 Å². The zero-order valence-corrected chi connectivity index (χ0v) is 15.1. The number of hydrogen-bond acceptors (Lipinski definition) is 6. The molecule has 0 radical (unpaired) electrons. The van der Waals surface area contributed by atoms with Gasteiger partial charge in [-0.15, -0.1) is 0 Å². The van der Waals surface area contributed by atoms with Crippen LogP contribution in [-0.4, -0.2) is 35.3 Å². The number of carbonyl (C=O) groups is 1. The highest BCUT2D eigenvalue weighted by Gasteiger charge is 2.20. The minimum absolute atomic E-state index is 0.0217. The number of methoxy groups -OCH3 is 2. The minimum Gasteiger partial charge on any atom is -0.481 e. The van der Waals surface area contributed by atoms with E-state index in [1.807, 2.05) is 31.2 Å². The molecule has 0 bridgehead atoms. The normalized spacial score (nSPS) is 10.3. The number of carboxylic acids is 1. The Hall–Kier alpha value is -3.61. The minimum atomic E-state index is -1.11. The predicted molar refractivity (Wildman–Crippen MR) is 98.8 cm³/mol. The molecule has 1 aromatic heterocycles. The molecule has 0 saturated carbocycles. The second-order valence-electron chi connectivity index (χ2n) is 5.69. The SMILES string of the molecule is COc1cc(OC)nc(Oc2cccc(-c3cccc(C)c3)c2C(=O)O)n1. The van der Waals surface area contributed by atoms with Crippen LogP contribution in [0.2, 0.25) is 0 Å². The molecule has 0 atom stereocenters. The molecule has 0 aliphatic carbocycles. The molecule has 3 aromatic rings. The molecule has 0 saturated heterocycles. The maximum absolute atomic E-state index is 12.0. The van der Waals surface area contributed by atoms with Crippen LogP contribution in [0.4, 0.5) is 0 Å². The summed E-state index contributed by atoms with van der Waals surface area (Å²) in [6, 6.07) is 14.0. The van der Waals surface area contributed by atoms with Gasteiger partial charge in [-0.25, -0.2) is 4.79 Å². The van der Waals surface area contributed by atoms with Gasteiger partial charge in [-0.3, -0.25) is 0 Å². The maximum Gasteiger partial charge on any atom is 0.340 e. The van der Waals surface area contributed by atoms with E-state index in [2.05, 4.69) is 9.97 Å². The molecule has 0 aliphatic rings. The zero-order valence-electron chi connectivity index (χ0n) is 15.1. The molecule has 0 fully saturated rings. The van der Waals surface area contributed by atoms with Crippen LogP contribution in [0.1, 0.15) is 15.9 Å². The molecule has 7 heteroatoms. The number of aromatic carboxylic acids is 1. The molecule has 2 aromatic carbocycles. The highest BCUT2D eigenvalue weighted by atomic mass is 16.5. The fourth-order valence-electron chi connectivity index (χ4n) is 2.63. The van der Waals surface area contributed by atoms with E-state index in [0.29, 0.717) is 5.56 Å². The first kappa shape index (κ1) is 18.2. The Kier molecular flexibility index (Phi) is 5.21. The Labute approximate surface area is 156 Å². The van der Waals surface area contributed by atoms with E-state index < -0.39 is 5.97 Å². The molecular weight excluding hydrogens is 348 g/mol. The molecule has 138 valence electrons. The molecule has 0 aliphatic heterocycles. The second-order valence-corrected chi connectivity index (χ2v) is 5.69. The van der Waals surface area contributed by atoms with Crippen LogP contribution in [0, 0.1) is 6.92 Å². The third kappa shape index (κ3) is 3.98. The number of aromatic nitrogens is 2. The van der Waals surface area contributed by atoms with Crippen LogP contribution < -0.4 is 14.2 Å². The van der Waals surface area contributed by atoms with Gasteiger partial charge in [0.25, 0.3) is 0 Å². The van der Waals surface area contributed by atoms with E-state index in [-0.39, 0.29) is 29.1 Å². The summed E-state index contributed by atoms with van der Waals surface area (Å²) < 4.78 is 15.9. The van der Waals surface area contributed by atoms with Crippen molar-refractivity contribution >= 4 is 5.97 Å². The highest BCUT2D eigenvalue weighted by Crippen LogP contribution is 2.34. The molecule has 0 amide bonds. The monoisotopic (exact) mass is 366 g/mol. The van der Waals surface area contributed by atoms with Gasteiger partial charge in [-0.1, -0.05) is 42.0 Å². The Morgan fingerprint density at radius 1 is 0.963 bits per heavy atom. The van der Waals surface area contributed by atoms with Crippen molar-refractivity contribution in [2.45, 2.75) is 6.92 Å². The van der Waals surface area contributed by atoms with Gasteiger partial charge in [0.15, 0.2) is 0 Å². The lowest BCUT2D eigenvalue weighted by molar-refractivity contribution is 0.0695. The van der Waals surface area contributed by atoms with Crippen LogP contribution in [-0.2, 0) is 0 Å². The van der Waals surface area contributed by atoms with Gasteiger partial charge in [-0.2, -0.15) is 9.97 Å². The topological polar surface area (TPSA) is 90.8 Å². The molecule has 0 unspecified atom stereocenters. The molecule has 1 heterocycles. The molecule has 1 N–H and O–H groups in total. The summed E-state index contributed by atoms with van der Waals surface area (Å²) in [5, 5.41) is 9.79. The van der Waals surface area contributed by atoms with Crippen molar-refractivity contribution in [2.75, 3.05) is 14.2 Å². The third-order valence-electron chi connectivity index (χ3n) is 3.85. The molecule has 0 spiro atoms. The molecule has 7 nitrogen and oxygen atoms in total. The van der Waals surface area contributed by atoms with Gasteiger partial charge in [0.05, 0.1) is 20.3 Å². The van der Waals surface area contributed by atoms with Crippen molar-refractivity contribution < 1.29 is 24.1 Å². The van der Waals surface area contributed by atoms with Gasteiger partial charge in [-0.05, 0) is 24.1 Å². The summed E-state index contributed by atoms with van der Waals surface area (Å²) >= 11 is 0. The largest absolute Gasteiger partial charge is 0.481 e. The number of rotatable bonds is 6. The summed E-state index contributed by atoms with van der Waals surface area (Å²) in [5.41, 5.74) is 2.37. The summed E-state index contributed by atoms with van der Waals surface area (Å²) in [6.07, 6.45) is 0. The van der Waals surface area contributed by atoms with E-state index in [9.17, 15) is 9.90 Å². The lowest BCUT2D eigenvalue weighted by Gasteiger charge is -2.13. The van der Waals surface area contributed by atoms with Crippen molar-refractivity contribution in [3.8, 4) is 34.6 Å². The molecular formula is C20H18N2O5. The number of nitrogens with zero attached hydrogens (tertiary/aromatic N) is 2. The van der Waals surface area contributed by atoms with E-state index in [1.165, 1.54) is 20.3 Å². The van der Waals surface area contributed by atoms with E-state index in [4.69, 9.17) is 14.2 Å². The Morgan fingerprint density at radius 3 is 2.22 bits per heavy atom. The summed E-state index contributed by atoms with van der Waals surface area (Å²) in [7, 11) is 2.90. The number of carboxylic acid groups (broad SMARTS) is 1. The van der Waals surface area contributed by atoms with Crippen LogP contribution in [0.15, 0.2) is 48.5 Å². The summed E-state index contributed by atoms with van der Waals surface area (Å²) in [6.45, 7) is 1.95. The highest BCUT2D eigenvalue weighted by molar-refractivity contribution is 5.99. The van der Waals surface area contributed by atoms with Crippen LogP contribution in [0.25, 0.3) is 11.1 Å². The number of aryl methyl sites for hydroxylation is 1. The first-order valence-corrected chi connectivity index (χ1v) is 8.10. The Morgan fingerprint density at radius 2 is 1.63 bits per heavy atom.